The number of rotatable bonds is 6. The molecule has 0 unspecified atom stereocenters. The van der Waals surface area contributed by atoms with Gasteiger partial charge in [0.15, 0.2) is 0 Å². The second kappa shape index (κ2) is 6.17. The summed E-state index contributed by atoms with van der Waals surface area (Å²) in [5.74, 6) is -7.19. The summed E-state index contributed by atoms with van der Waals surface area (Å²) in [6.07, 6.45) is 0. The molecule has 1 aromatic carbocycles. The number of aryl methyl sites for hydroxylation is 2. The molecule has 0 saturated heterocycles. The van der Waals surface area contributed by atoms with E-state index in [2.05, 4.69) is 5.32 Å². The standard InChI is InChI=1S/C14H18F2N2O3/c1-7-4-5-8(2)10(6-7)11(14(15,16)13(20)21)18-9(3)12(17)19/h4-6,9,11,18H,1-3H3,(H2,17,19)(H,20,21)/t9-,11-/m0/s1. The predicted molar refractivity (Wildman–Crippen MR) is 73.0 cm³/mol. The van der Waals surface area contributed by atoms with Crippen molar-refractivity contribution in [3.8, 4) is 0 Å². The highest BCUT2D eigenvalue weighted by Gasteiger charge is 2.49. The number of halogens is 2. The molecule has 0 saturated carbocycles. The summed E-state index contributed by atoms with van der Waals surface area (Å²) in [5, 5.41) is 11.1. The Balaban J connectivity index is 3.34. The lowest BCUT2D eigenvalue weighted by atomic mass is 9.93. The van der Waals surface area contributed by atoms with Gasteiger partial charge in [-0.05, 0) is 31.9 Å². The fourth-order valence-electron chi connectivity index (χ4n) is 1.92. The third-order valence-corrected chi connectivity index (χ3v) is 3.24. The van der Waals surface area contributed by atoms with Crippen molar-refractivity contribution in [3.63, 3.8) is 0 Å². The van der Waals surface area contributed by atoms with Crippen LogP contribution in [-0.4, -0.2) is 28.9 Å². The average molecular weight is 300 g/mol. The lowest BCUT2D eigenvalue weighted by molar-refractivity contribution is -0.170. The summed E-state index contributed by atoms with van der Waals surface area (Å²) in [6.45, 7) is 4.60. The van der Waals surface area contributed by atoms with Gasteiger partial charge in [0.1, 0.15) is 6.04 Å². The fraction of sp³-hybridized carbons (Fsp3) is 0.429. The molecular formula is C14H18F2N2O3. The number of carbonyl (C=O) groups excluding carboxylic acids is 1. The Morgan fingerprint density at radius 1 is 1.33 bits per heavy atom. The normalized spacial score (nSPS) is 14.5. The van der Waals surface area contributed by atoms with Gasteiger partial charge >= 0.3 is 11.9 Å². The van der Waals surface area contributed by atoms with Crippen molar-refractivity contribution >= 4 is 11.9 Å². The largest absolute Gasteiger partial charge is 0.477 e. The number of aliphatic carboxylic acids is 1. The topological polar surface area (TPSA) is 92.4 Å². The van der Waals surface area contributed by atoms with Crippen LogP contribution in [0.3, 0.4) is 0 Å². The Hall–Kier alpha value is -2.02. The van der Waals surface area contributed by atoms with E-state index in [9.17, 15) is 18.4 Å². The zero-order valence-corrected chi connectivity index (χ0v) is 12.0. The van der Waals surface area contributed by atoms with Crippen LogP contribution in [0.2, 0.25) is 0 Å². The molecular weight excluding hydrogens is 282 g/mol. The monoisotopic (exact) mass is 300 g/mol. The van der Waals surface area contributed by atoms with Crippen LogP contribution >= 0.6 is 0 Å². The van der Waals surface area contributed by atoms with E-state index in [0.29, 0.717) is 11.1 Å². The van der Waals surface area contributed by atoms with Gasteiger partial charge in [-0.3, -0.25) is 10.1 Å². The number of carbonyl (C=O) groups is 2. The Kier molecular flexibility index (Phi) is 5.01. The second-order valence-corrected chi connectivity index (χ2v) is 5.01. The summed E-state index contributed by atoms with van der Waals surface area (Å²) >= 11 is 0. The lowest BCUT2D eigenvalue weighted by Gasteiger charge is -2.28. The molecule has 0 heterocycles. The van der Waals surface area contributed by atoms with Gasteiger partial charge in [-0.2, -0.15) is 8.78 Å². The maximum atomic E-state index is 14.0. The molecule has 116 valence electrons. The Bertz CT molecular complexity index is 561. The molecule has 1 rings (SSSR count). The highest BCUT2D eigenvalue weighted by atomic mass is 19.3. The van der Waals surface area contributed by atoms with Gasteiger partial charge in [-0.1, -0.05) is 23.8 Å². The van der Waals surface area contributed by atoms with Crippen LogP contribution in [0.15, 0.2) is 18.2 Å². The van der Waals surface area contributed by atoms with Crippen molar-refractivity contribution in [2.45, 2.75) is 38.8 Å². The van der Waals surface area contributed by atoms with E-state index in [4.69, 9.17) is 10.8 Å². The number of carboxylic acid groups (broad SMARTS) is 1. The fourth-order valence-corrected chi connectivity index (χ4v) is 1.92. The molecule has 21 heavy (non-hydrogen) atoms. The minimum atomic E-state index is -4.08. The first kappa shape index (κ1) is 17.0. The van der Waals surface area contributed by atoms with Gasteiger partial charge in [0, 0.05) is 0 Å². The van der Waals surface area contributed by atoms with Crippen LogP contribution in [-0.2, 0) is 9.59 Å². The quantitative estimate of drug-likeness (QED) is 0.743. The van der Waals surface area contributed by atoms with Crippen molar-refractivity contribution in [2.24, 2.45) is 5.73 Å². The van der Waals surface area contributed by atoms with Crippen molar-refractivity contribution in [2.75, 3.05) is 0 Å². The zero-order valence-electron chi connectivity index (χ0n) is 12.0. The Morgan fingerprint density at radius 3 is 2.38 bits per heavy atom. The van der Waals surface area contributed by atoms with Gasteiger partial charge in [-0.25, -0.2) is 4.79 Å². The first-order valence-corrected chi connectivity index (χ1v) is 6.31. The van der Waals surface area contributed by atoms with Crippen LogP contribution in [0.4, 0.5) is 8.78 Å². The van der Waals surface area contributed by atoms with Crippen molar-refractivity contribution in [1.82, 2.24) is 5.32 Å². The predicted octanol–water partition coefficient (Wildman–Crippen LogP) is 1.53. The molecule has 0 aliphatic carbocycles. The van der Waals surface area contributed by atoms with Gasteiger partial charge in [0.2, 0.25) is 5.91 Å². The molecule has 0 radical (unpaired) electrons. The molecule has 0 bridgehead atoms. The van der Waals surface area contributed by atoms with Crippen LogP contribution in [0.5, 0.6) is 0 Å². The molecule has 0 aliphatic heterocycles. The molecule has 0 spiro atoms. The third-order valence-electron chi connectivity index (χ3n) is 3.24. The summed E-state index contributed by atoms with van der Waals surface area (Å²) in [4.78, 5) is 22.0. The Morgan fingerprint density at radius 2 is 1.90 bits per heavy atom. The van der Waals surface area contributed by atoms with Crippen molar-refractivity contribution < 1.29 is 23.5 Å². The summed E-state index contributed by atoms with van der Waals surface area (Å²) in [5.41, 5.74) is 6.38. The number of nitrogens with one attached hydrogen (secondary N) is 1. The van der Waals surface area contributed by atoms with Crippen LogP contribution in [0.25, 0.3) is 0 Å². The molecule has 7 heteroatoms. The number of alkyl halides is 2. The van der Waals surface area contributed by atoms with E-state index in [1.807, 2.05) is 0 Å². The molecule has 1 aromatic rings. The number of nitrogens with two attached hydrogens (primary N) is 1. The molecule has 0 aromatic heterocycles. The summed E-state index contributed by atoms with van der Waals surface area (Å²) < 4.78 is 28.0. The van der Waals surface area contributed by atoms with Gasteiger partial charge in [0.05, 0.1) is 6.04 Å². The van der Waals surface area contributed by atoms with Gasteiger partial charge in [-0.15, -0.1) is 0 Å². The van der Waals surface area contributed by atoms with E-state index >= 15 is 0 Å². The molecule has 0 fully saturated rings. The number of benzene rings is 1. The molecule has 5 nitrogen and oxygen atoms in total. The number of hydrogen-bond acceptors (Lipinski definition) is 3. The van der Waals surface area contributed by atoms with Crippen LogP contribution < -0.4 is 11.1 Å². The smallest absolute Gasteiger partial charge is 0.376 e. The zero-order chi connectivity index (χ0) is 16.4. The first-order valence-electron chi connectivity index (χ1n) is 6.31. The van der Waals surface area contributed by atoms with E-state index in [1.165, 1.54) is 13.0 Å². The van der Waals surface area contributed by atoms with E-state index in [-0.39, 0.29) is 5.56 Å². The SMILES string of the molecule is Cc1ccc(C)c([C@H](N[C@@H](C)C(N)=O)C(F)(F)C(=O)O)c1. The molecule has 2 atom stereocenters. The third kappa shape index (κ3) is 3.75. The molecule has 4 N–H and O–H groups in total. The molecule has 1 amide bonds. The highest BCUT2D eigenvalue weighted by Crippen LogP contribution is 2.34. The maximum Gasteiger partial charge on any atom is 0.376 e. The number of hydrogen-bond donors (Lipinski definition) is 3. The van der Waals surface area contributed by atoms with E-state index in [1.54, 1.807) is 26.0 Å². The minimum Gasteiger partial charge on any atom is -0.477 e. The average Bonchev–Trinajstić information content (AvgIpc) is 2.38. The van der Waals surface area contributed by atoms with Crippen molar-refractivity contribution in [3.05, 3.63) is 34.9 Å². The van der Waals surface area contributed by atoms with Crippen LogP contribution in [0, 0.1) is 13.8 Å². The summed E-state index contributed by atoms with van der Waals surface area (Å²) in [7, 11) is 0. The molecule has 0 aliphatic rings. The van der Waals surface area contributed by atoms with Gasteiger partial charge < -0.3 is 10.8 Å². The van der Waals surface area contributed by atoms with E-state index < -0.39 is 29.9 Å². The van der Waals surface area contributed by atoms with Gasteiger partial charge in [0.25, 0.3) is 0 Å². The number of carboxylic acids is 1. The van der Waals surface area contributed by atoms with Crippen LogP contribution in [0.1, 0.15) is 29.7 Å². The summed E-state index contributed by atoms with van der Waals surface area (Å²) in [6, 6.07) is 1.87. The highest BCUT2D eigenvalue weighted by molar-refractivity contribution is 5.80. The number of primary amides is 1. The maximum absolute atomic E-state index is 14.0. The minimum absolute atomic E-state index is 0.121. The Labute approximate surface area is 121 Å². The lowest BCUT2D eigenvalue weighted by Crippen LogP contribution is -2.50. The van der Waals surface area contributed by atoms with Crippen molar-refractivity contribution in [1.29, 1.82) is 0 Å². The first-order chi connectivity index (χ1) is 9.57. The second-order valence-electron chi connectivity index (χ2n) is 5.01. The van der Waals surface area contributed by atoms with E-state index in [0.717, 1.165) is 0 Å². The number of amides is 1.